The fourth-order valence-corrected chi connectivity index (χ4v) is 5.27. The lowest BCUT2D eigenvalue weighted by Gasteiger charge is -2.29. The number of amides is 1. The third kappa shape index (κ3) is 6.72. The quantitative estimate of drug-likeness (QED) is 0.307. The van der Waals surface area contributed by atoms with Crippen molar-refractivity contribution in [1.29, 1.82) is 0 Å². The molecule has 9 nitrogen and oxygen atoms in total. The third-order valence-electron chi connectivity index (χ3n) is 7.45. The van der Waals surface area contributed by atoms with Crippen molar-refractivity contribution < 1.29 is 33.6 Å². The van der Waals surface area contributed by atoms with Crippen LogP contribution in [0.5, 0.6) is 23.0 Å². The van der Waals surface area contributed by atoms with Gasteiger partial charge in [-0.05, 0) is 60.4 Å². The summed E-state index contributed by atoms with van der Waals surface area (Å²) in [6, 6.07) is 30.9. The molecule has 4 aliphatic rings. The Labute approximate surface area is 256 Å². The van der Waals surface area contributed by atoms with Crippen molar-refractivity contribution in [2.24, 2.45) is 0 Å². The lowest BCUT2D eigenvalue weighted by Crippen LogP contribution is -2.46. The lowest BCUT2D eigenvalue weighted by atomic mass is 10.2. The summed E-state index contributed by atoms with van der Waals surface area (Å²) in [5, 5.41) is 12.0. The molecule has 0 aliphatic carbocycles. The van der Waals surface area contributed by atoms with E-state index in [1.54, 1.807) is 23.1 Å². The van der Waals surface area contributed by atoms with Crippen LogP contribution in [0, 0.1) is 0 Å². The molecular weight excluding hydrogens is 560 g/mol. The Morgan fingerprint density at radius 2 is 1.23 bits per heavy atom. The van der Waals surface area contributed by atoms with Gasteiger partial charge in [-0.3, -0.25) is 4.79 Å². The molecule has 44 heavy (non-hydrogen) atoms. The molecular formula is C35H36N2O7. The third-order valence-corrected chi connectivity index (χ3v) is 7.45. The molecule has 0 saturated carbocycles. The van der Waals surface area contributed by atoms with E-state index in [-0.39, 0.29) is 26.5 Å². The topological polar surface area (TPSA) is 107 Å². The minimum absolute atomic E-state index is 0. The van der Waals surface area contributed by atoms with E-state index in [0.717, 1.165) is 18.7 Å². The van der Waals surface area contributed by atoms with Crippen molar-refractivity contribution in [1.82, 2.24) is 0 Å². The maximum absolute atomic E-state index is 12.7. The van der Waals surface area contributed by atoms with E-state index in [4.69, 9.17) is 24.1 Å². The van der Waals surface area contributed by atoms with Gasteiger partial charge >= 0.3 is 5.97 Å². The fourth-order valence-electron chi connectivity index (χ4n) is 5.27. The highest BCUT2D eigenvalue weighted by Crippen LogP contribution is 2.34. The summed E-state index contributed by atoms with van der Waals surface area (Å²) in [4.78, 5) is 25.1. The minimum atomic E-state index is -1.01. The zero-order valence-electron chi connectivity index (χ0n) is 23.5. The molecule has 2 N–H and O–H groups in total. The van der Waals surface area contributed by atoms with E-state index in [9.17, 15) is 9.59 Å². The number of ether oxygens (including phenoxy) is 4. The van der Waals surface area contributed by atoms with E-state index in [2.05, 4.69) is 35.6 Å². The minimum Gasteiger partial charge on any atom is -0.485 e. The van der Waals surface area contributed by atoms with Gasteiger partial charge in [0.1, 0.15) is 13.2 Å². The Hall–Kier alpha value is -5.18. The molecule has 0 saturated heterocycles. The number of para-hydroxylation sites is 6. The number of hydrogen-bond donors (Lipinski definition) is 2. The first kappa shape index (κ1) is 30.3. The van der Waals surface area contributed by atoms with Crippen LogP contribution in [0.25, 0.3) is 0 Å². The zero-order chi connectivity index (χ0) is 29.6. The Morgan fingerprint density at radius 1 is 0.682 bits per heavy atom. The van der Waals surface area contributed by atoms with Crippen molar-refractivity contribution in [3.05, 3.63) is 108 Å². The monoisotopic (exact) mass is 596 g/mol. The molecule has 4 aromatic carbocycles. The Bertz CT molecular complexity index is 1580. The normalized spacial score (nSPS) is 18.0. The smallest absolute Gasteiger partial charge is 0.348 e. The maximum atomic E-state index is 12.7. The van der Waals surface area contributed by atoms with Gasteiger partial charge < -0.3 is 34.3 Å². The number of carbonyl (C=O) groups excluding carboxylic acids is 1. The van der Waals surface area contributed by atoms with Gasteiger partial charge in [-0.2, -0.15) is 0 Å². The molecule has 228 valence electrons. The molecule has 0 radical (unpaired) electrons. The molecule has 4 heterocycles. The number of anilines is 2. The average Bonchev–Trinajstić information content (AvgIpc) is 3.72. The molecule has 0 aromatic heterocycles. The lowest BCUT2D eigenvalue weighted by molar-refractivity contribution is -0.147. The number of hydrogen-bond acceptors (Lipinski definition) is 7. The van der Waals surface area contributed by atoms with Gasteiger partial charge in [0, 0.05) is 24.5 Å². The second kappa shape index (κ2) is 13.9. The van der Waals surface area contributed by atoms with Crippen LogP contribution < -0.4 is 29.2 Å². The van der Waals surface area contributed by atoms with Crippen LogP contribution in [0.1, 0.15) is 18.6 Å². The van der Waals surface area contributed by atoms with Crippen LogP contribution in [-0.2, 0) is 22.4 Å². The predicted octanol–water partition coefficient (Wildman–Crippen LogP) is 5.62. The number of nitrogens with one attached hydrogen (secondary N) is 1. The van der Waals surface area contributed by atoms with Gasteiger partial charge in [0.25, 0.3) is 5.91 Å². The highest BCUT2D eigenvalue weighted by atomic mass is 16.6. The number of benzene rings is 4. The van der Waals surface area contributed by atoms with Crippen LogP contribution in [0.15, 0.2) is 97.1 Å². The van der Waals surface area contributed by atoms with Crippen LogP contribution in [0.4, 0.5) is 11.4 Å². The van der Waals surface area contributed by atoms with Crippen LogP contribution in [0.3, 0.4) is 0 Å². The number of carboxylic acid groups (broad SMARTS) is 1. The van der Waals surface area contributed by atoms with E-state index < -0.39 is 18.2 Å². The van der Waals surface area contributed by atoms with E-state index >= 15 is 0 Å². The van der Waals surface area contributed by atoms with E-state index in [1.807, 2.05) is 48.5 Å². The number of aliphatic carboxylic acids is 1. The van der Waals surface area contributed by atoms with Gasteiger partial charge in [0.2, 0.25) is 12.2 Å². The molecule has 9 heteroatoms. The summed E-state index contributed by atoms with van der Waals surface area (Å²) in [6.45, 7) is 2.14. The summed E-state index contributed by atoms with van der Waals surface area (Å²) in [5.41, 5.74) is 4.97. The molecule has 2 unspecified atom stereocenters. The van der Waals surface area contributed by atoms with Crippen molar-refractivity contribution in [2.75, 3.05) is 36.5 Å². The van der Waals surface area contributed by atoms with E-state index in [1.165, 1.54) is 23.2 Å². The molecule has 0 spiro atoms. The number of carboxylic acids is 1. The van der Waals surface area contributed by atoms with Crippen molar-refractivity contribution in [3.63, 3.8) is 0 Å². The second-order valence-electron chi connectivity index (χ2n) is 10.3. The van der Waals surface area contributed by atoms with Gasteiger partial charge in [-0.15, -0.1) is 0 Å². The van der Waals surface area contributed by atoms with E-state index in [0.29, 0.717) is 29.5 Å². The number of nitrogens with zero attached hydrogens (tertiary/aromatic N) is 1. The van der Waals surface area contributed by atoms with Gasteiger partial charge in [0.15, 0.2) is 23.0 Å². The fraction of sp³-hybridized carbons (Fsp3) is 0.257. The van der Waals surface area contributed by atoms with Crippen LogP contribution in [-0.4, -0.2) is 55.5 Å². The van der Waals surface area contributed by atoms with Crippen molar-refractivity contribution in [3.8, 4) is 23.0 Å². The Balaban J connectivity index is 0.000000142. The first-order valence-corrected chi connectivity index (χ1v) is 14.3. The maximum Gasteiger partial charge on any atom is 0.348 e. The highest BCUT2D eigenvalue weighted by molar-refractivity contribution is 5.98. The second-order valence-corrected chi connectivity index (χ2v) is 10.3. The first-order valence-electron chi connectivity index (χ1n) is 14.3. The molecule has 4 aromatic rings. The molecule has 4 aliphatic heterocycles. The van der Waals surface area contributed by atoms with Gasteiger partial charge in [0.05, 0.1) is 0 Å². The SMILES string of the molecule is C.O=C(C1COc2ccccc2O1)N1CCc2ccccc21.O=C(O)C1COc2ccccc2O1.c1ccc2c(c1)CCN2. The van der Waals surface area contributed by atoms with Crippen LogP contribution >= 0.6 is 0 Å². The largest absolute Gasteiger partial charge is 0.485 e. The predicted molar refractivity (Wildman–Crippen MR) is 168 cm³/mol. The number of rotatable bonds is 2. The Kier molecular flexibility index (Phi) is 9.54. The number of fused-ring (bicyclic) bond motifs is 4. The van der Waals surface area contributed by atoms with Gasteiger partial charge in [-0.1, -0.05) is 68.1 Å². The average molecular weight is 597 g/mol. The molecule has 2 atom stereocenters. The first-order chi connectivity index (χ1) is 21.1. The van der Waals surface area contributed by atoms with Crippen LogP contribution in [0.2, 0.25) is 0 Å². The molecule has 1 amide bonds. The summed E-state index contributed by atoms with van der Waals surface area (Å²) < 4.78 is 21.8. The molecule has 0 fully saturated rings. The zero-order valence-corrected chi connectivity index (χ0v) is 23.5. The Morgan fingerprint density at radius 3 is 1.89 bits per heavy atom. The number of carbonyl (C=O) groups is 2. The van der Waals surface area contributed by atoms with Crippen molar-refractivity contribution >= 4 is 23.3 Å². The summed E-state index contributed by atoms with van der Waals surface area (Å²) in [5.74, 6) is 1.38. The standard InChI is InChI=1S/C17H15NO3.C9H8O4.C8H9N.CH4/c19-17(18-10-9-12-5-1-2-6-13(12)18)16-11-20-14-7-3-4-8-15(14)21-16;10-9(11)8-5-12-6-3-1-2-4-7(6)13-8;1-2-4-8-7(3-1)5-6-9-8;/h1-8,16H,9-11H2;1-4,8H,5H2,(H,10,11);1-4,9H,5-6H2;1H4. The summed E-state index contributed by atoms with van der Waals surface area (Å²) in [7, 11) is 0. The summed E-state index contributed by atoms with van der Waals surface area (Å²) in [6.07, 6.45) is 0.614. The summed E-state index contributed by atoms with van der Waals surface area (Å²) >= 11 is 0. The van der Waals surface area contributed by atoms with Crippen molar-refractivity contribution in [2.45, 2.75) is 32.5 Å². The molecule has 8 rings (SSSR count). The molecule has 0 bridgehead atoms. The highest BCUT2D eigenvalue weighted by Gasteiger charge is 2.34. The van der Waals surface area contributed by atoms with Gasteiger partial charge in [-0.25, -0.2) is 4.79 Å².